The van der Waals surface area contributed by atoms with Crippen molar-refractivity contribution in [1.29, 1.82) is 0 Å². The normalized spacial score (nSPS) is 16.9. The molecule has 0 aliphatic heterocycles. The molecule has 94 valence electrons. The average Bonchev–Trinajstić information content (AvgIpc) is 3.07. The van der Waals surface area contributed by atoms with E-state index in [9.17, 15) is 0 Å². The molecule has 17 heavy (non-hydrogen) atoms. The van der Waals surface area contributed by atoms with E-state index < -0.39 is 0 Å². The van der Waals surface area contributed by atoms with Crippen molar-refractivity contribution >= 4 is 5.82 Å². The lowest BCUT2D eigenvalue weighted by molar-refractivity contribution is 0.485. The molecular formula is C14H23N3. The van der Waals surface area contributed by atoms with Gasteiger partial charge in [-0.05, 0) is 38.0 Å². The van der Waals surface area contributed by atoms with Crippen LogP contribution in [-0.4, -0.2) is 16.5 Å². The van der Waals surface area contributed by atoms with Gasteiger partial charge in [0.25, 0.3) is 0 Å². The van der Waals surface area contributed by atoms with Gasteiger partial charge in [0.05, 0.1) is 0 Å². The summed E-state index contributed by atoms with van der Waals surface area (Å²) in [5, 5.41) is 3.50. The molecule has 0 radical (unpaired) electrons. The highest BCUT2D eigenvalue weighted by Gasteiger charge is 2.41. The van der Waals surface area contributed by atoms with Gasteiger partial charge < -0.3 is 5.32 Å². The zero-order chi connectivity index (χ0) is 12.3. The number of hydrogen-bond acceptors (Lipinski definition) is 3. The fraction of sp³-hybridized carbons (Fsp3) is 0.714. The molecule has 0 spiro atoms. The maximum atomic E-state index is 4.45. The molecule has 0 unspecified atom stereocenters. The summed E-state index contributed by atoms with van der Waals surface area (Å²) in [4.78, 5) is 8.85. The van der Waals surface area contributed by atoms with E-state index >= 15 is 0 Å². The van der Waals surface area contributed by atoms with Crippen LogP contribution in [0, 0.1) is 12.3 Å². The Hall–Kier alpha value is -1.12. The smallest absolute Gasteiger partial charge is 0.129 e. The first-order chi connectivity index (χ1) is 8.17. The van der Waals surface area contributed by atoms with E-state index in [1.807, 2.05) is 6.92 Å². The standard InChI is InChI=1S/C14H23N3/c1-4-6-14(7-8-14)10-15-13-9-12(5-2)16-11(3)17-13/h9H,4-8,10H2,1-3H3,(H,15,16,17). The molecule has 0 saturated heterocycles. The number of nitrogens with one attached hydrogen (secondary N) is 1. The molecule has 3 nitrogen and oxygen atoms in total. The molecule has 1 heterocycles. The van der Waals surface area contributed by atoms with Crippen LogP contribution >= 0.6 is 0 Å². The van der Waals surface area contributed by atoms with Crippen molar-refractivity contribution < 1.29 is 0 Å². The molecule has 0 bridgehead atoms. The molecule has 1 aliphatic carbocycles. The average molecular weight is 233 g/mol. The number of rotatable bonds is 6. The zero-order valence-corrected chi connectivity index (χ0v) is 11.2. The van der Waals surface area contributed by atoms with Crippen LogP contribution in [0.2, 0.25) is 0 Å². The van der Waals surface area contributed by atoms with Gasteiger partial charge in [0.1, 0.15) is 11.6 Å². The summed E-state index contributed by atoms with van der Waals surface area (Å²) in [6.45, 7) is 7.43. The molecule has 2 rings (SSSR count). The van der Waals surface area contributed by atoms with E-state index in [0.29, 0.717) is 5.41 Å². The summed E-state index contributed by atoms with van der Waals surface area (Å²) in [6, 6.07) is 2.08. The maximum absolute atomic E-state index is 4.45. The molecule has 1 aliphatic rings. The van der Waals surface area contributed by atoms with E-state index in [1.54, 1.807) is 0 Å². The predicted octanol–water partition coefficient (Wildman–Crippen LogP) is 3.34. The van der Waals surface area contributed by atoms with Gasteiger partial charge in [-0.25, -0.2) is 9.97 Å². The molecule has 1 fully saturated rings. The summed E-state index contributed by atoms with van der Waals surface area (Å²) in [5.41, 5.74) is 1.69. The van der Waals surface area contributed by atoms with Crippen molar-refractivity contribution in [3.05, 3.63) is 17.6 Å². The van der Waals surface area contributed by atoms with Crippen LogP contribution in [0.25, 0.3) is 0 Å². The summed E-state index contributed by atoms with van der Waals surface area (Å²) < 4.78 is 0. The third kappa shape index (κ3) is 3.18. The molecule has 0 atom stereocenters. The van der Waals surface area contributed by atoms with E-state index in [0.717, 1.165) is 30.3 Å². The lowest BCUT2D eigenvalue weighted by Crippen LogP contribution is -2.16. The van der Waals surface area contributed by atoms with Gasteiger partial charge in [0, 0.05) is 18.3 Å². The minimum Gasteiger partial charge on any atom is -0.369 e. The Labute approximate surface area is 104 Å². The summed E-state index contributed by atoms with van der Waals surface area (Å²) in [6.07, 6.45) is 6.34. The minimum atomic E-state index is 0.569. The second kappa shape index (κ2) is 5.03. The first-order valence-corrected chi connectivity index (χ1v) is 6.76. The number of nitrogens with zero attached hydrogens (tertiary/aromatic N) is 2. The van der Waals surface area contributed by atoms with Crippen LogP contribution in [0.4, 0.5) is 5.82 Å². The van der Waals surface area contributed by atoms with E-state index in [-0.39, 0.29) is 0 Å². The summed E-state index contributed by atoms with van der Waals surface area (Å²) in [7, 11) is 0. The highest BCUT2D eigenvalue weighted by Crippen LogP contribution is 2.49. The molecular weight excluding hydrogens is 210 g/mol. The molecule has 3 heteroatoms. The van der Waals surface area contributed by atoms with Gasteiger partial charge in [0.15, 0.2) is 0 Å². The summed E-state index contributed by atoms with van der Waals surface area (Å²) in [5.74, 6) is 1.86. The van der Waals surface area contributed by atoms with Crippen LogP contribution < -0.4 is 5.32 Å². The lowest BCUT2D eigenvalue weighted by Gasteiger charge is -2.15. The minimum absolute atomic E-state index is 0.569. The third-order valence-electron chi connectivity index (χ3n) is 3.64. The van der Waals surface area contributed by atoms with Crippen LogP contribution in [0.3, 0.4) is 0 Å². The second-order valence-electron chi connectivity index (χ2n) is 5.25. The monoisotopic (exact) mass is 233 g/mol. The molecule has 0 aromatic carbocycles. The second-order valence-corrected chi connectivity index (χ2v) is 5.25. The van der Waals surface area contributed by atoms with Crippen molar-refractivity contribution in [1.82, 2.24) is 9.97 Å². The van der Waals surface area contributed by atoms with Crippen molar-refractivity contribution in [3.63, 3.8) is 0 Å². The number of aryl methyl sites for hydroxylation is 2. The maximum Gasteiger partial charge on any atom is 0.129 e. The third-order valence-corrected chi connectivity index (χ3v) is 3.64. The van der Waals surface area contributed by atoms with Gasteiger partial charge >= 0.3 is 0 Å². The molecule has 0 amide bonds. The van der Waals surface area contributed by atoms with Crippen molar-refractivity contribution in [2.45, 2.75) is 52.9 Å². The number of hydrogen-bond donors (Lipinski definition) is 1. The quantitative estimate of drug-likeness (QED) is 0.819. The van der Waals surface area contributed by atoms with Gasteiger partial charge in [-0.3, -0.25) is 0 Å². The Morgan fingerprint density at radius 1 is 1.29 bits per heavy atom. The van der Waals surface area contributed by atoms with Crippen LogP contribution in [-0.2, 0) is 6.42 Å². The molecule has 1 saturated carbocycles. The summed E-state index contributed by atoms with van der Waals surface area (Å²) >= 11 is 0. The highest BCUT2D eigenvalue weighted by atomic mass is 15.0. The first-order valence-electron chi connectivity index (χ1n) is 6.76. The molecule has 1 aromatic rings. The SMILES string of the molecule is CCCC1(CNc2cc(CC)nc(C)n2)CC1. The Morgan fingerprint density at radius 3 is 2.65 bits per heavy atom. The van der Waals surface area contributed by atoms with Crippen molar-refractivity contribution in [2.24, 2.45) is 5.41 Å². The Bertz CT molecular complexity index is 383. The zero-order valence-electron chi connectivity index (χ0n) is 11.2. The molecule has 1 aromatic heterocycles. The molecule has 1 N–H and O–H groups in total. The van der Waals surface area contributed by atoms with E-state index in [2.05, 4.69) is 35.2 Å². The Balaban J connectivity index is 1.97. The highest BCUT2D eigenvalue weighted by molar-refractivity contribution is 5.36. The van der Waals surface area contributed by atoms with Gasteiger partial charge in [-0.15, -0.1) is 0 Å². The van der Waals surface area contributed by atoms with Crippen LogP contribution in [0.15, 0.2) is 6.07 Å². The fourth-order valence-corrected chi connectivity index (χ4v) is 2.40. The number of anilines is 1. The van der Waals surface area contributed by atoms with E-state index in [1.165, 1.54) is 25.7 Å². The first kappa shape index (κ1) is 12.3. The van der Waals surface area contributed by atoms with Crippen LogP contribution in [0.5, 0.6) is 0 Å². The fourth-order valence-electron chi connectivity index (χ4n) is 2.40. The van der Waals surface area contributed by atoms with Gasteiger partial charge in [0.2, 0.25) is 0 Å². The Kier molecular flexibility index (Phi) is 3.65. The van der Waals surface area contributed by atoms with Gasteiger partial charge in [-0.1, -0.05) is 20.3 Å². The lowest BCUT2D eigenvalue weighted by atomic mass is 10.0. The topological polar surface area (TPSA) is 37.8 Å². The predicted molar refractivity (Wildman–Crippen MR) is 71.2 cm³/mol. The van der Waals surface area contributed by atoms with Crippen LogP contribution in [0.1, 0.15) is 51.0 Å². The number of aromatic nitrogens is 2. The van der Waals surface area contributed by atoms with Gasteiger partial charge in [-0.2, -0.15) is 0 Å². The Morgan fingerprint density at radius 2 is 2.06 bits per heavy atom. The largest absolute Gasteiger partial charge is 0.369 e. The van der Waals surface area contributed by atoms with Crippen molar-refractivity contribution in [3.8, 4) is 0 Å². The van der Waals surface area contributed by atoms with Crippen molar-refractivity contribution in [2.75, 3.05) is 11.9 Å². The van der Waals surface area contributed by atoms with E-state index in [4.69, 9.17) is 0 Å².